The van der Waals surface area contributed by atoms with Crippen molar-refractivity contribution < 1.29 is 9.47 Å². The van der Waals surface area contributed by atoms with Gasteiger partial charge in [0.2, 0.25) is 0 Å². The highest BCUT2D eigenvalue weighted by atomic mass is 16.5. The van der Waals surface area contributed by atoms with Crippen molar-refractivity contribution >= 4 is 11.4 Å². The summed E-state index contributed by atoms with van der Waals surface area (Å²) in [7, 11) is 1.73. The van der Waals surface area contributed by atoms with Crippen LogP contribution in [0.2, 0.25) is 0 Å². The maximum absolute atomic E-state index is 5.73. The van der Waals surface area contributed by atoms with Gasteiger partial charge in [0.1, 0.15) is 12.4 Å². The van der Waals surface area contributed by atoms with E-state index in [0.29, 0.717) is 0 Å². The van der Waals surface area contributed by atoms with E-state index < -0.39 is 0 Å². The fourth-order valence-corrected chi connectivity index (χ4v) is 1.93. The van der Waals surface area contributed by atoms with Gasteiger partial charge in [-0.3, -0.25) is 0 Å². The minimum Gasteiger partial charge on any atom is -0.489 e. The number of fused-ring (bicyclic) bond motifs is 1. The Bertz CT molecular complexity index is 355. The van der Waals surface area contributed by atoms with Crippen molar-refractivity contribution in [3.63, 3.8) is 0 Å². The molecule has 4 heteroatoms. The third-order valence-electron chi connectivity index (χ3n) is 2.72. The first-order chi connectivity index (χ1) is 7.81. The maximum atomic E-state index is 5.73. The van der Waals surface area contributed by atoms with E-state index in [1.807, 2.05) is 18.2 Å². The van der Waals surface area contributed by atoms with Crippen LogP contribution >= 0.6 is 0 Å². The van der Waals surface area contributed by atoms with Gasteiger partial charge in [0, 0.05) is 32.0 Å². The summed E-state index contributed by atoms with van der Waals surface area (Å²) in [6.45, 7) is 3.44. The fourth-order valence-electron chi connectivity index (χ4n) is 1.93. The van der Waals surface area contributed by atoms with Crippen molar-refractivity contribution in [2.75, 3.05) is 44.0 Å². The van der Waals surface area contributed by atoms with Gasteiger partial charge in [0.25, 0.3) is 0 Å². The molecule has 0 aromatic heterocycles. The fraction of sp³-hybridized carbons (Fsp3) is 0.500. The number of benzene rings is 1. The Labute approximate surface area is 95.9 Å². The maximum Gasteiger partial charge on any atom is 0.144 e. The molecule has 1 aliphatic heterocycles. The highest BCUT2D eigenvalue weighted by Gasteiger charge is 2.17. The summed E-state index contributed by atoms with van der Waals surface area (Å²) in [5.41, 5.74) is 7.61. The normalized spacial score (nSPS) is 14.4. The highest BCUT2D eigenvalue weighted by molar-refractivity contribution is 5.64. The molecule has 0 unspecified atom stereocenters. The first kappa shape index (κ1) is 11.1. The number of nitrogen functional groups attached to an aromatic ring is 1. The minimum atomic E-state index is 0.726. The summed E-state index contributed by atoms with van der Waals surface area (Å²) in [4.78, 5) is 2.32. The second-order valence-corrected chi connectivity index (χ2v) is 3.91. The van der Waals surface area contributed by atoms with Gasteiger partial charge in [-0.25, -0.2) is 0 Å². The molecule has 2 N–H and O–H groups in total. The van der Waals surface area contributed by atoms with Gasteiger partial charge in [-0.15, -0.1) is 0 Å². The number of ether oxygens (including phenoxy) is 2. The molecule has 1 aromatic rings. The number of hydrogen-bond acceptors (Lipinski definition) is 4. The number of hydrogen-bond donors (Lipinski definition) is 1. The van der Waals surface area contributed by atoms with Crippen LogP contribution in [0, 0.1) is 0 Å². The van der Waals surface area contributed by atoms with Crippen LogP contribution in [0.3, 0.4) is 0 Å². The zero-order chi connectivity index (χ0) is 11.4. The number of nitrogens with zero attached hydrogens (tertiary/aromatic N) is 1. The van der Waals surface area contributed by atoms with Crippen molar-refractivity contribution in [1.82, 2.24) is 0 Å². The number of rotatable bonds is 4. The summed E-state index contributed by atoms with van der Waals surface area (Å²) in [5.74, 6) is 0.892. The third-order valence-corrected chi connectivity index (χ3v) is 2.72. The van der Waals surface area contributed by atoms with E-state index in [0.717, 1.165) is 49.8 Å². The predicted octanol–water partition coefficient (Wildman–Crippen LogP) is 1.50. The van der Waals surface area contributed by atoms with Gasteiger partial charge < -0.3 is 20.1 Å². The topological polar surface area (TPSA) is 47.7 Å². The molecule has 0 bridgehead atoms. The number of nitrogens with two attached hydrogens (primary N) is 1. The van der Waals surface area contributed by atoms with Crippen LogP contribution in [-0.4, -0.2) is 33.4 Å². The van der Waals surface area contributed by atoms with E-state index in [1.165, 1.54) is 0 Å². The number of methoxy groups -OCH3 is 1. The lowest BCUT2D eigenvalue weighted by Gasteiger charge is -2.31. The van der Waals surface area contributed by atoms with Gasteiger partial charge >= 0.3 is 0 Å². The van der Waals surface area contributed by atoms with E-state index in [2.05, 4.69) is 4.90 Å². The molecular weight excluding hydrogens is 204 g/mol. The van der Waals surface area contributed by atoms with Crippen LogP contribution in [0.4, 0.5) is 11.4 Å². The van der Waals surface area contributed by atoms with Crippen LogP contribution < -0.4 is 15.4 Å². The van der Waals surface area contributed by atoms with E-state index in [9.17, 15) is 0 Å². The summed E-state index contributed by atoms with van der Waals surface area (Å²) in [6, 6.07) is 5.82. The molecule has 88 valence electrons. The molecule has 0 aliphatic carbocycles. The molecule has 0 saturated heterocycles. The molecule has 1 aromatic carbocycles. The SMILES string of the molecule is COCCCN1CCOc2cc(N)ccc21. The van der Waals surface area contributed by atoms with Crippen LogP contribution in [0.1, 0.15) is 6.42 Å². The molecule has 0 amide bonds. The van der Waals surface area contributed by atoms with E-state index in [4.69, 9.17) is 15.2 Å². The highest BCUT2D eigenvalue weighted by Crippen LogP contribution is 2.33. The summed E-state index contributed by atoms with van der Waals surface area (Å²) in [5, 5.41) is 0. The van der Waals surface area contributed by atoms with Crippen molar-refractivity contribution in [1.29, 1.82) is 0 Å². The van der Waals surface area contributed by atoms with Crippen LogP contribution in [-0.2, 0) is 4.74 Å². The molecule has 4 nitrogen and oxygen atoms in total. The number of anilines is 2. The lowest BCUT2D eigenvalue weighted by molar-refractivity contribution is 0.195. The lowest BCUT2D eigenvalue weighted by Crippen LogP contribution is -2.33. The Morgan fingerprint density at radius 1 is 1.50 bits per heavy atom. The third kappa shape index (κ3) is 2.39. The lowest BCUT2D eigenvalue weighted by atomic mass is 10.2. The Morgan fingerprint density at radius 3 is 3.19 bits per heavy atom. The standard InChI is InChI=1S/C12H18N2O2/c1-15-7-2-5-14-6-8-16-12-9-10(13)3-4-11(12)14/h3-4,9H,2,5-8,13H2,1H3. The van der Waals surface area contributed by atoms with Crippen LogP contribution in [0.25, 0.3) is 0 Å². The van der Waals surface area contributed by atoms with Crippen molar-refractivity contribution in [3.05, 3.63) is 18.2 Å². The smallest absolute Gasteiger partial charge is 0.144 e. The van der Waals surface area contributed by atoms with Gasteiger partial charge in [0.05, 0.1) is 12.2 Å². The van der Waals surface area contributed by atoms with Crippen LogP contribution in [0.15, 0.2) is 18.2 Å². The molecule has 0 saturated carbocycles. The zero-order valence-electron chi connectivity index (χ0n) is 9.61. The van der Waals surface area contributed by atoms with Gasteiger partial charge in [-0.05, 0) is 18.6 Å². The Kier molecular flexibility index (Phi) is 3.51. The first-order valence-corrected chi connectivity index (χ1v) is 5.57. The monoisotopic (exact) mass is 222 g/mol. The largest absolute Gasteiger partial charge is 0.489 e. The minimum absolute atomic E-state index is 0.726. The van der Waals surface area contributed by atoms with Gasteiger partial charge in [0.15, 0.2) is 0 Å². The average Bonchev–Trinajstić information content (AvgIpc) is 2.29. The second kappa shape index (κ2) is 5.07. The molecule has 1 heterocycles. The Hall–Kier alpha value is -1.42. The molecule has 0 fully saturated rings. The Morgan fingerprint density at radius 2 is 2.38 bits per heavy atom. The van der Waals surface area contributed by atoms with Crippen molar-refractivity contribution in [3.8, 4) is 5.75 Å². The van der Waals surface area contributed by atoms with E-state index >= 15 is 0 Å². The molecule has 2 rings (SSSR count). The average molecular weight is 222 g/mol. The molecule has 0 spiro atoms. The molecule has 16 heavy (non-hydrogen) atoms. The molecule has 0 atom stereocenters. The molecule has 0 radical (unpaired) electrons. The summed E-state index contributed by atoms with van der Waals surface area (Å²) >= 11 is 0. The van der Waals surface area contributed by atoms with E-state index in [-0.39, 0.29) is 0 Å². The van der Waals surface area contributed by atoms with Crippen molar-refractivity contribution in [2.24, 2.45) is 0 Å². The Balaban J connectivity index is 2.07. The zero-order valence-corrected chi connectivity index (χ0v) is 9.61. The van der Waals surface area contributed by atoms with E-state index in [1.54, 1.807) is 7.11 Å². The first-order valence-electron chi connectivity index (χ1n) is 5.57. The van der Waals surface area contributed by atoms with Gasteiger partial charge in [-0.2, -0.15) is 0 Å². The van der Waals surface area contributed by atoms with Crippen LogP contribution in [0.5, 0.6) is 5.75 Å². The summed E-state index contributed by atoms with van der Waals surface area (Å²) in [6.07, 6.45) is 1.03. The van der Waals surface area contributed by atoms with Crippen molar-refractivity contribution in [2.45, 2.75) is 6.42 Å². The predicted molar refractivity (Wildman–Crippen MR) is 65.1 cm³/mol. The second-order valence-electron chi connectivity index (χ2n) is 3.91. The molecular formula is C12H18N2O2. The molecule has 1 aliphatic rings. The van der Waals surface area contributed by atoms with Gasteiger partial charge in [-0.1, -0.05) is 0 Å². The quantitative estimate of drug-likeness (QED) is 0.619. The summed E-state index contributed by atoms with van der Waals surface area (Å²) < 4.78 is 10.6.